The van der Waals surface area contributed by atoms with Crippen molar-refractivity contribution in [1.82, 2.24) is 5.32 Å². The van der Waals surface area contributed by atoms with Crippen LogP contribution >= 0.6 is 0 Å². The highest BCUT2D eigenvalue weighted by molar-refractivity contribution is 5.81. The lowest BCUT2D eigenvalue weighted by Crippen LogP contribution is -2.36. The molecule has 0 aliphatic heterocycles. The summed E-state index contributed by atoms with van der Waals surface area (Å²) in [6.07, 6.45) is 0.0532. The second kappa shape index (κ2) is 8.72. The van der Waals surface area contributed by atoms with E-state index in [2.05, 4.69) is 5.32 Å². The molecule has 0 fully saturated rings. The first kappa shape index (κ1) is 17.5. The van der Waals surface area contributed by atoms with Crippen LogP contribution in [0.1, 0.15) is 29.8 Å². The third kappa shape index (κ3) is 4.84. The van der Waals surface area contributed by atoms with Crippen LogP contribution in [-0.4, -0.2) is 24.9 Å². The Hall–Kier alpha value is -2.82. The van der Waals surface area contributed by atoms with Gasteiger partial charge in [0.1, 0.15) is 6.29 Å². The standard InChI is InChI=1S/C19H21NO4/c1-3-23-18-11-16(13-21)9-10-17(18)24-14(2)19(22)20-12-15-7-5-4-6-8-15/h4-11,13-14H,3,12H2,1-2H3,(H,20,22)/t14-/m0/s1. The van der Waals surface area contributed by atoms with Gasteiger partial charge < -0.3 is 14.8 Å². The second-order valence-corrected chi connectivity index (χ2v) is 5.22. The van der Waals surface area contributed by atoms with E-state index in [-0.39, 0.29) is 5.91 Å². The molecule has 126 valence electrons. The Morgan fingerprint density at radius 1 is 1.17 bits per heavy atom. The van der Waals surface area contributed by atoms with Crippen LogP contribution in [0.25, 0.3) is 0 Å². The van der Waals surface area contributed by atoms with Gasteiger partial charge in [0.05, 0.1) is 6.61 Å². The van der Waals surface area contributed by atoms with Crippen molar-refractivity contribution < 1.29 is 19.1 Å². The predicted octanol–water partition coefficient (Wildman–Crippen LogP) is 2.98. The van der Waals surface area contributed by atoms with Crippen molar-refractivity contribution in [1.29, 1.82) is 0 Å². The second-order valence-electron chi connectivity index (χ2n) is 5.22. The molecule has 24 heavy (non-hydrogen) atoms. The smallest absolute Gasteiger partial charge is 0.261 e. The zero-order chi connectivity index (χ0) is 17.4. The monoisotopic (exact) mass is 327 g/mol. The van der Waals surface area contributed by atoms with Gasteiger partial charge in [-0.3, -0.25) is 9.59 Å². The SMILES string of the molecule is CCOc1cc(C=O)ccc1O[C@@H](C)C(=O)NCc1ccccc1. The van der Waals surface area contributed by atoms with E-state index in [1.54, 1.807) is 25.1 Å². The zero-order valence-corrected chi connectivity index (χ0v) is 13.8. The van der Waals surface area contributed by atoms with Crippen LogP contribution in [0.15, 0.2) is 48.5 Å². The van der Waals surface area contributed by atoms with E-state index >= 15 is 0 Å². The van der Waals surface area contributed by atoms with Crippen LogP contribution in [0.3, 0.4) is 0 Å². The highest BCUT2D eigenvalue weighted by Crippen LogP contribution is 2.29. The maximum Gasteiger partial charge on any atom is 0.261 e. The van der Waals surface area contributed by atoms with Crippen molar-refractivity contribution in [3.05, 3.63) is 59.7 Å². The molecule has 0 unspecified atom stereocenters. The minimum Gasteiger partial charge on any atom is -0.490 e. The Morgan fingerprint density at radius 3 is 2.58 bits per heavy atom. The molecule has 5 heteroatoms. The van der Waals surface area contributed by atoms with Crippen LogP contribution in [0.2, 0.25) is 0 Å². The quantitative estimate of drug-likeness (QED) is 0.757. The van der Waals surface area contributed by atoms with Gasteiger partial charge >= 0.3 is 0 Å². The number of carbonyl (C=O) groups is 2. The molecule has 1 amide bonds. The number of carbonyl (C=O) groups excluding carboxylic acids is 2. The molecule has 0 saturated carbocycles. The Kier molecular flexibility index (Phi) is 6.37. The summed E-state index contributed by atoms with van der Waals surface area (Å²) in [6, 6.07) is 14.5. The van der Waals surface area contributed by atoms with Gasteiger partial charge in [0.25, 0.3) is 5.91 Å². The summed E-state index contributed by atoms with van der Waals surface area (Å²) in [6.45, 7) is 4.39. The fraction of sp³-hybridized carbons (Fsp3) is 0.263. The third-order valence-electron chi connectivity index (χ3n) is 3.39. The van der Waals surface area contributed by atoms with E-state index in [0.717, 1.165) is 11.8 Å². The molecule has 0 aliphatic rings. The average molecular weight is 327 g/mol. The fourth-order valence-corrected chi connectivity index (χ4v) is 2.14. The summed E-state index contributed by atoms with van der Waals surface area (Å²) < 4.78 is 11.2. The molecule has 0 aromatic heterocycles. The lowest BCUT2D eigenvalue weighted by atomic mass is 10.2. The zero-order valence-electron chi connectivity index (χ0n) is 13.8. The van der Waals surface area contributed by atoms with Gasteiger partial charge in [0, 0.05) is 12.1 Å². The van der Waals surface area contributed by atoms with Gasteiger partial charge in [-0.05, 0) is 37.6 Å². The van der Waals surface area contributed by atoms with Crippen molar-refractivity contribution in [3.8, 4) is 11.5 Å². The molecule has 0 spiro atoms. The molecule has 1 atom stereocenters. The molecular formula is C19H21NO4. The lowest BCUT2D eigenvalue weighted by molar-refractivity contribution is -0.127. The Balaban J connectivity index is 1.99. The van der Waals surface area contributed by atoms with E-state index in [0.29, 0.717) is 30.2 Å². The molecule has 0 heterocycles. The molecule has 1 N–H and O–H groups in total. The molecule has 0 bridgehead atoms. The molecule has 0 aliphatic carbocycles. The maximum absolute atomic E-state index is 12.2. The number of ether oxygens (including phenoxy) is 2. The molecule has 2 rings (SSSR count). The predicted molar refractivity (Wildman–Crippen MR) is 91.4 cm³/mol. The van der Waals surface area contributed by atoms with E-state index < -0.39 is 6.10 Å². The van der Waals surface area contributed by atoms with Crippen molar-refractivity contribution >= 4 is 12.2 Å². The van der Waals surface area contributed by atoms with Gasteiger partial charge in [-0.25, -0.2) is 0 Å². The molecule has 2 aromatic rings. The number of nitrogens with one attached hydrogen (secondary N) is 1. The van der Waals surface area contributed by atoms with Gasteiger partial charge in [0.2, 0.25) is 0 Å². The summed E-state index contributed by atoms with van der Waals surface area (Å²) in [5, 5.41) is 2.83. The summed E-state index contributed by atoms with van der Waals surface area (Å²) in [5.41, 5.74) is 1.51. The van der Waals surface area contributed by atoms with E-state index in [4.69, 9.17) is 9.47 Å². The number of hydrogen-bond donors (Lipinski definition) is 1. The Bertz CT molecular complexity index is 685. The lowest BCUT2D eigenvalue weighted by Gasteiger charge is -2.17. The first-order valence-corrected chi connectivity index (χ1v) is 7.84. The maximum atomic E-state index is 12.2. The number of aldehydes is 1. The minimum absolute atomic E-state index is 0.222. The highest BCUT2D eigenvalue weighted by atomic mass is 16.5. The van der Waals surface area contributed by atoms with Crippen molar-refractivity contribution in [2.75, 3.05) is 6.61 Å². The summed E-state index contributed by atoms with van der Waals surface area (Å²) in [7, 11) is 0. The van der Waals surface area contributed by atoms with Crippen LogP contribution in [0.4, 0.5) is 0 Å². The topological polar surface area (TPSA) is 64.6 Å². The molecule has 5 nitrogen and oxygen atoms in total. The van der Waals surface area contributed by atoms with E-state index in [9.17, 15) is 9.59 Å². The van der Waals surface area contributed by atoms with E-state index in [1.165, 1.54) is 0 Å². The van der Waals surface area contributed by atoms with Crippen LogP contribution in [-0.2, 0) is 11.3 Å². The van der Waals surface area contributed by atoms with Crippen molar-refractivity contribution in [2.24, 2.45) is 0 Å². The normalized spacial score (nSPS) is 11.4. The molecule has 0 saturated heterocycles. The van der Waals surface area contributed by atoms with Crippen LogP contribution < -0.4 is 14.8 Å². The molecule has 2 aromatic carbocycles. The Labute approximate surface area is 141 Å². The molecular weight excluding hydrogens is 306 g/mol. The summed E-state index contributed by atoms with van der Waals surface area (Å²) in [4.78, 5) is 23.0. The number of benzene rings is 2. The third-order valence-corrected chi connectivity index (χ3v) is 3.39. The summed E-state index contributed by atoms with van der Waals surface area (Å²) >= 11 is 0. The average Bonchev–Trinajstić information content (AvgIpc) is 2.62. The minimum atomic E-state index is -0.685. The van der Waals surface area contributed by atoms with Gasteiger partial charge in [-0.15, -0.1) is 0 Å². The largest absolute Gasteiger partial charge is 0.490 e. The van der Waals surface area contributed by atoms with Crippen molar-refractivity contribution in [3.63, 3.8) is 0 Å². The fourth-order valence-electron chi connectivity index (χ4n) is 2.14. The highest BCUT2D eigenvalue weighted by Gasteiger charge is 2.17. The van der Waals surface area contributed by atoms with Gasteiger partial charge in [0.15, 0.2) is 17.6 Å². The number of amides is 1. The Morgan fingerprint density at radius 2 is 1.92 bits per heavy atom. The first-order chi connectivity index (χ1) is 11.6. The van der Waals surface area contributed by atoms with E-state index in [1.807, 2.05) is 37.3 Å². The van der Waals surface area contributed by atoms with Crippen LogP contribution in [0.5, 0.6) is 11.5 Å². The van der Waals surface area contributed by atoms with Gasteiger partial charge in [-0.1, -0.05) is 30.3 Å². The number of hydrogen-bond acceptors (Lipinski definition) is 4. The van der Waals surface area contributed by atoms with Crippen LogP contribution in [0, 0.1) is 0 Å². The van der Waals surface area contributed by atoms with Gasteiger partial charge in [-0.2, -0.15) is 0 Å². The summed E-state index contributed by atoms with van der Waals surface area (Å²) in [5.74, 6) is 0.662. The molecule has 0 radical (unpaired) electrons. The first-order valence-electron chi connectivity index (χ1n) is 7.84. The van der Waals surface area contributed by atoms with Crippen molar-refractivity contribution in [2.45, 2.75) is 26.5 Å². The number of rotatable bonds is 8.